The Morgan fingerprint density at radius 3 is 2.55 bits per heavy atom. The molecular weight excluding hydrogens is 279 g/mol. The third kappa shape index (κ3) is 3.30. The van der Waals surface area contributed by atoms with Crippen molar-refractivity contribution in [3.05, 3.63) is 29.0 Å². The first-order valence-electron chi connectivity index (χ1n) is 7.04. The standard InChI is InChI=1S/C15H20ClFN2O/c16-12-6-5-11(17)9-13(12)19-14(20)15(10-18)7-3-1-2-4-8-15/h5-6,9H,1-4,7-8,10,18H2,(H,19,20). The van der Waals surface area contributed by atoms with E-state index in [9.17, 15) is 9.18 Å². The van der Waals surface area contributed by atoms with Crippen LogP contribution in [0, 0.1) is 11.2 Å². The number of rotatable bonds is 3. The van der Waals surface area contributed by atoms with Crippen molar-refractivity contribution in [1.82, 2.24) is 0 Å². The Morgan fingerprint density at radius 1 is 1.30 bits per heavy atom. The molecule has 1 aromatic carbocycles. The molecule has 0 radical (unpaired) electrons. The van der Waals surface area contributed by atoms with E-state index in [2.05, 4.69) is 5.32 Å². The molecule has 0 saturated heterocycles. The highest BCUT2D eigenvalue weighted by Gasteiger charge is 2.37. The minimum Gasteiger partial charge on any atom is -0.329 e. The quantitative estimate of drug-likeness (QED) is 0.836. The first kappa shape index (κ1) is 15.3. The Kier molecular flexibility index (Phi) is 5.00. The summed E-state index contributed by atoms with van der Waals surface area (Å²) in [6.07, 6.45) is 5.83. The van der Waals surface area contributed by atoms with Crippen LogP contribution in [0.2, 0.25) is 5.02 Å². The number of hydrogen-bond acceptors (Lipinski definition) is 2. The lowest BCUT2D eigenvalue weighted by Gasteiger charge is -2.30. The number of nitrogens with one attached hydrogen (secondary N) is 1. The highest BCUT2D eigenvalue weighted by molar-refractivity contribution is 6.33. The van der Waals surface area contributed by atoms with Gasteiger partial charge in [-0.05, 0) is 31.0 Å². The zero-order valence-electron chi connectivity index (χ0n) is 11.4. The molecule has 1 aliphatic rings. The van der Waals surface area contributed by atoms with Crippen molar-refractivity contribution in [2.45, 2.75) is 38.5 Å². The fourth-order valence-electron chi connectivity index (χ4n) is 2.78. The smallest absolute Gasteiger partial charge is 0.231 e. The lowest BCUT2D eigenvalue weighted by atomic mass is 9.79. The van der Waals surface area contributed by atoms with Crippen LogP contribution in [-0.2, 0) is 4.79 Å². The molecule has 1 aliphatic carbocycles. The second kappa shape index (κ2) is 6.55. The summed E-state index contributed by atoms with van der Waals surface area (Å²) in [7, 11) is 0. The van der Waals surface area contributed by atoms with Gasteiger partial charge in [-0.15, -0.1) is 0 Å². The number of carbonyl (C=O) groups is 1. The number of amides is 1. The number of hydrogen-bond donors (Lipinski definition) is 2. The fourth-order valence-corrected chi connectivity index (χ4v) is 2.94. The molecule has 0 spiro atoms. The minimum absolute atomic E-state index is 0.144. The molecule has 0 bridgehead atoms. The van der Waals surface area contributed by atoms with E-state index in [4.69, 9.17) is 17.3 Å². The first-order chi connectivity index (χ1) is 9.57. The summed E-state index contributed by atoms with van der Waals surface area (Å²) in [5.41, 5.74) is 5.63. The second-order valence-corrected chi connectivity index (χ2v) is 5.88. The second-order valence-electron chi connectivity index (χ2n) is 5.48. The van der Waals surface area contributed by atoms with Gasteiger partial charge in [0.15, 0.2) is 0 Å². The maximum atomic E-state index is 13.2. The summed E-state index contributed by atoms with van der Waals surface area (Å²) in [4.78, 5) is 12.6. The maximum absolute atomic E-state index is 13.2. The van der Waals surface area contributed by atoms with E-state index in [1.54, 1.807) is 0 Å². The molecule has 0 unspecified atom stereocenters. The number of carbonyl (C=O) groups excluding carboxylic acids is 1. The summed E-state index contributed by atoms with van der Waals surface area (Å²) in [6.45, 7) is 0.311. The topological polar surface area (TPSA) is 55.1 Å². The summed E-state index contributed by atoms with van der Waals surface area (Å²) in [6, 6.07) is 3.94. The molecular formula is C15H20ClFN2O. The average molecular weight is 299 g/mol. The lowest BCUT2D eigenvalue weighted by Crippen LogP contribution is -2.42. The monoisotopic (exact) mass is 298 g/mol. The van der Waals surface area contributed by atoms with Gasteiger partial charge in [0.05, 0.1) is 16.1 Å². The summed E-state index contributed by atoms with van der Waals surface area (Å²) < 4.78 is 13.2. The molecule has 1 amide bonds. The van der Waals surface area contributed by atoms with Crippen LogP contribution in [0.15, 0.2) is 18.2 Å². The SMILES string of the molecule is NCC1(C(=O)Nc2cc(F)ccc2Cl)CCCCCC1. The molecule has 2 rings (SSSR count). The Morgan fingerprint density at radius 2 is 1.95 bits per heavy atom. The molecule has 3 nitrogen and oxygen atoms in total. The average Bonchev–Trinajstić information content (AvgIpc) is 2.69. The van der Waals surface area contributed by atoms with Gasteiger partial charge in [-0.2, -0.15) is 0 Å². The van der Waals surface area contributed by atoms with Crippen molar-refractivity contribution in [3.63, 3.8) is 0 Å². The van der Waals surface area contributed by atoms with E-state index in [1.165, 1.54) is 18.2 Å². The van der Waals surface area contributed by atoms with Crippen molar-refractivity contribution in [1.29, 1.82) is 0 Å². The van der Waals surface area contributed by atoms with Gasteiger partial charge in [0.25, 0.3) is 0 Å². The van der Waals surface area contributed by atoms with Crippen molar-refractivity contribution in [2.75, 3.05) is 11.9 Å². The Hall–Kier alpha value is -1.13. The minimum atomic E-state index is -0.549. The van der Waals surface area contributed by atoms with E-state index in [0.717, 1.165) is 38.5 Å². The summed E-state index contributed by atoms with van der Waals surface area (Å²) >= 11 is 5.99. The van der Waals surface area contributed by atoms with E-state index in [0.29, 0.717) is 17.3 Å². The van der Waals surface area contributed by atoms with Gasteiger partial charge < -0.3 is 11.1 Å². The Labute approximate surface area is 123 Å². The first-order valence-corrected chi connectivity index (χ1v) is 7.42. The highest BCUT2D eigenvalue weighted by Crippen LogP contribution is 2.36. The highest BCUT2D eigenvalue weighted by atomic mass is 35.5. The van der Waals surface area contributed by atoms with Crippen LogP contribution < -0.4 is 11.1 Å². The zero-order valence-corrected chi connectivity index (χ0v) is 12.2. The molecule has 20 heavy (non-hydrogen) atoms. The van der Waals surface area contributed by atoms with Crippen molar-refractivity contribution in [3.8, 4) is 0 Å². The normalized spacial score (nSPS) is 18.4. The number of halogens is 2. The summed E-state index contributed by atoms with van der Waals surface area (Å²) in [5.74, 6) is -0.568. The third-order valence-electron chi connectivity index (χ3n) is 4.11. The van der Waals surface area contributed by atoms with Crippen LogP contribution in [-0.4, -0.2) is 12.5 Å². The zero-order chi connectivity index (χ0) is 14.6. The third-order valence-corrected chi connectivity index (χ3v) is 4.44. The number of anilines is 1. The van der Waals surface area contributed by atoms with Gasteiger partial charge in [-0.3, -0.25) is 4.79 Å². The van der Waals surface area contributed by atoms with E-state index >= 15 is 0 Å². The van der Waals surface area contributed by atoms with Gasteiger partial charge in [-0.25, -0.2) is 4.39 Å². The van der Waals surface area contributed by atoms with Crippen LogP contribution in [0.4, 0.5) is 10.1 Å². The molecule has 0 atom stereocenters. The Balaban J connectivity index is 2.18. The van der Waals surface area contributed by atoms with Gasteiger partial charge in [-0.1, -0.05) is 37.3 Å². The fraction of sp³-hybridized carbons (Fsp3) is 0.533. The molecule has 1 aromatic rings. The predicted molar refractivity (Wildman–Crippen MR) is 79.2 cm³/mol. The number of benzene rings is 1. The molecule has 0 aromatic heterocycles. The molecule has 1 saturated carbocycles. The maximum Gasteiger partial charge on any atom is 0.231 e. The van der Waals surface area contributed by atoms with Crippen LogP contribution in [0.1, 0.15) is 38.5 Å². The predicted octanol–water partition coefficient (Wildman–Crippen LogP) is 3.72. The van der Waals surface area contributed by atoms with Crippen LogP contribution in [0.5, 0.6) is 0 Å². The Bertz CT molecular complexity index is 485. The molecule has 110 valence electrons. The van der Waals surface area contributed by atoms with Crippen molar-refractivity contribution >= 4 is 23.2 Å². The van der Waals surface area contributed by atoms with E-state index in [1.807, 2.05) is 0 Å². The van der Waals surface area contributed by atoms with Crippen LogP contribution in [0.25, 0.3) is 0 Å². The number of nitrogens with two attached hydrogens (primary N) is 1. The summed E-state index contributed by atoms with van der Waals surface area (Å²) in [5, 5.41) is 3.08. The van der Waals surface area contributed by atoms with Crippen LogP contribution >= 0.6 is 11.6 Å². The van der Waals surface area contributed by atoms with Gasteiger partial charge >= 0.3 is 0 Å². The van der Waals surface area contributed by atoms with E-state index < -0.39 is 11.2 Å². The van der Waals surface area contributed by atoms with Gasteiger partial charge in [0, 0.05) is 6.54 Å². The largest absolute Gasteiger partial charge is 0.329 e. The molecule has 5 heteroatoms. The lowest BCUT2D eigenvalue weighted by molar-refractivity contribution is -0.125. The molecule has 3 N–H and O–H groups in total. The van der Waals surface area contributed by atoms with Crippen LogP contribution in [0.3, 0.4) is 0 Å². The molecule has 0 aliphatic heterocycles. The molecule has 1 fully saturated rings. The van der Waals surface area contributed by atoms with E-state index in [-0.39, 0.29) is 5.91 Å². The molecule has 0 heterocycles. The van der Waals surface area contributed by atoms with Crippen molar-refractivity contribution < 1.29 is 9.18 Å². The van der Waals surface area contributed by atoms with Gasteiger partial charge in [0.2, 0.25) is 5.91 Å². The van der Waals surface area contributed by atoms with Crippen molar-refractivity contribution in [2.24, 2.45) is 11.1 Å². The van der Waals surface area contributed by atoms with Gasteiger partial charge in [0.1, 0.15) is 5.82 Å².